The standard InChI is InChI=1S/C15H22O2S/c1-3-4-5-6-7-10-18-13-9-8-12(2)14(11-13)15(16)17/h8-9,11H,3-7,10H2,1-2H3,(H,16,17). The van der Waals surface area contributed by atoms with Gasteiger partial charge in [-0.25, -0.2) is 4.79 Å². The van der Waals surface area contributed by atoms with Crippen LogP contribution in [0, 0.1) is 6.92 Å². The highest BCUT2D eigenvalue weighted by Gasteiger charge is 2.07. The van der Waals surface area contributed by atoms with Crippen molar-refractivity contribution in [2.24, 2.45) is 0 Å². The van der Waals surface area contributed by atoms with Crippen LogP contribution in [0.2, 0.25) is 0 Å². The van der Waals surface area contributed by atoms with Crippen molar-refractivity contribution in [3.05, 3.63) is 29.3 Å². The van der Waals surface area contributed by atoms with Gasteiger partial charge in [-0.15, -0.1) is 11.8 Å². The highest BCUT2D eigenvalue weighted by Crippen LogP contribution is 2.23. The summed E-state index contributed by atoms with van der Waals surface area (Å²) in [6.07, 6.45) is 6.39. The molecule has 18 heavy (non-hydrogen) atoms. The van der Waals surface area contributed by atoms with Crippen LogP contribution in [0.15, 0.2) is 23.1 Å². The predicted molar refractivity (Wildman–Crippen MR) is 77.6 cm³/mol. The molecule has 0 fully saturated rings. The number of hydrogen-bond donors (Lipinski definition) is 1. The van der Waals surface area contributed by atoms with Crippen LogP contribution in [0.1, 0.15) is 54.9 Å². The molecular formula is C15H22O2S. The van der Waals surface area contributed by atoms with Gasteiger partial charge in [-0.2, -0.15) is 0 Å². The molecule has 0 heterocycles. The Kier molecular flexibility index (Phi) is 6.88. The first-order chi connectivity index (χ1) is 8.65. The normalized spacial score (nSPS) is 10.6. The number of hydrogen-bond acceptors (Lipinski definition) is 2. The second-order valence-electron chi connectivity index (χ2n) is 4.54. The second-order valence-corrected chi connectivity index (χ2v) is 5.71. The predicted octanol–water partition coefficient (Wildman–Crippen LogP) is 4.76. The van der Waals surface area contributed by atoms with Crippen LogP contribution in [-0.2, 0) is 0 Å². The fraction of sp³-hybridized carbons (Fsp3) is 0.533. The molecule has 1 aromatic carbocycles. The van der Waals surface area contributed by atoms with Crippen LogP contribution < -0.4 is 0 Å². The Morgan fingerprint density at radius 3 is 2.61 bits per heavy atom. The summed E-state index contributed by atoms with van der Waals surface area (Å²) in [6, 6.07) is 5.69. The third kappa shape index (κ3) is 5.13. The first-order valence-corrected chi connectivity index (χ1v) is 7.60. The Morgan fingerprint density at radius 1 is 1.22 bits per heavy atom. The minimum absolute atomic E-state index is 0.422. The molecule has 1 aromatic rings. The molecule has 0 aliphatic carbocycles. The van der Waals surface area contributed by atoms with E-state index in [1.54, 1.807) is 17.8 Å². The van der Waals surface area contributed by atoms with Crippen molar-refractivity contribution in [3.63, 3.8) is 0 Å². The molecule has 0 saturated carbocycles. The van der Waals surface area contributed by atoms with Crippen molar-refractivity contribution in [1.29, 1.82) is 0 Å². The summed E-state index contributed by atoms with van der Waals surface area (Å²) in [5, 5.41) is 9.05. The maximum absolute atomic E-state index is 11.0. The Balaban J connectivity index is 2.38. The van der Waals surface area contributed by atoms with E-state index in [0.717, 1.165) is 16.2 Å². The number of carboxylic acid groups (broad SMARTS) is 1. The zero-order chi connectivity index (χ0) is 13.4. The van der Waals surface area contributed by atoms with Crippen molar-refractivity contribution >= 4 is 17.7 Å². The summed E-state index contributed by atoms with van der Waals surface area (Å²) >= 11 is 1.76. The molecule has 0 radical (unpaired) electrons. The van der Waals surface area contributed by atoms with Crippen molar-refractivity contribution in [2.75, 3.05) is 5.75 Å². The van der Waals surface area contributed by atoms with E-state index in [-0.39, 0.29) is 0 Å². The van der Waals surface area contributed by atoms with E-state index in [1.165, 1.54) is 32.1 Å². The molecule has 0 aliphatic heterocycles. The largest absolute Gasteiger partial charge is 0.478 e. The molecule has 0 spiro atoms. The van der Waals surface area contributed by atoms with E-state index in [4.69, 9.17) is 5.11 Å². The topological polar surface area (TPSA) is 37.3 Å². The van der Waals surface area contributed by atoms with Crippen LogP contribution in [0.4, 0.5) is 0 Å². The second kappa shape index (κ2) is 8.20. The first kappa shape index (κ1) is 15.1. The van der Waals surface area contributed by atoms with Crippen LogP contribution in [-0.4, -0.2) is 16.8 Å². The van der Waals surface area contributed by atoms with E-state index in [1.807, 2.05) is 19.1 Å². The first-order valence-electron chi connectivity index (χ1n) is 6.62. The van der Waals surface area contributed by atoms with E-state index >= 15 is 0 Å². The summed E-state index contributed by atoms with van der Waals surface area (Å²) in [4.78, 5) is 12.1. The molecular weight excluding hydrogens is 244 g/mol. The van der Waals surface area contributed by atoms with Crippen molar-refractivity contribution in [2.45, 2.75) is 50.8 Å². The fourth-order valence-electron chi connectivity index (χ4n) is 1.82. The smallest absolute Gasteiger partial charge is 0.335 e. The third-order valence-corrected chi connectivity index (χ3v) is 4.04. The zero-order valence-electron chi connectivity index (χ0n) is 11.2. The maximum Gasteiger partial charge on any atom is 0.335 e. The van der Waals surface area contributed by atoms with E-state index in [2.05, 4.69) is 6.92 Å². The summed E-state index contributed by atoms with van der Waals surface area (Å²) in [5.41, 5.74) is 1.25. The van der Waals surface area contributed by atoms with Crippen LogP contribution in [0.5, 0.6) is 0 Å². The average molecular weight is 266 g/mol. The van der Waals surface area contributed by atoms with E-state index in [9.17, 15) is 4.79 Å². The van der Waals surface area contributed by atoms with Gasteiger partial charge in [-0.3, -0.25) is 0 Å². The summed E-state index contributed by atoms with van der Waals surface area (Å²) < 4.78 is 0. The lowest BCUT2D eigenvalue weighted by Gasteiger charge is -2.05. The molecule has 0 aliphatic rings. The van der Waals surface area contributed by atoms with Crippen molar-refractivity contribution in [3.8, 4) is 0 Å². The quantitative estimate of drug-likeness (QED) is 0.544. The molecule has 1 N–H and O–H groups in total. The van der Waals surface area contributed by atoms with E-state index < -0.39 is 5.97 Å². The summed E-state index contributed by atoms with van der Waals surface area (Å²) in [7, 11) is 0. The Labute approximate surface area is 114 Å². The highest BCUT2D eigenvalue weighted by molar-refractivity contribution is 7.99. The van der Waals surface area contributed by atoms with Gasteiger partial charge in [0.05, 0.1) is 5.56 Å². The molecule has 3 heteroatoms. The lowest BCUT2D eigenvalue weighted by atomic mass is 10.1. The van der Waals surface area contributed by atoms with Gasteiger partial charge in [0.25, 0.3) is 0 Å². The number of thioether (sulfide) groups is 1. The number of aryl methyl sites for hydroxylation is 1. The fourth-order valence-corrected chi connectivity index (χ4v) is 2.77. The van der Waals surface area contributed by atoms with Gasteiger partial charge in [-0.05, 0) is 36.8 Å². The number of aromatic carboxylic acids is 1. The number of carboxylic acids is 1. The van der Waals surface area contributed by atoms with Gasteiger partial charge in [0.2, 0.25) is 0 Å². The van der Waals surface area contributed by atoms with Crippen LogP contribution >= 0.6 is 11.8 Å². The lowest BCUT2D eigenvalue weighted by Crippen LogP contribution is -1.99. The Morgan fingerprint density at radius 2 is 1.94 bits per heavy atom. The molecule has 2 nitrogen and oxygen atoms in total. The van der Waals surface area contributed by atoms with Gasteiger partial charge < -0.3 is 5.11 Å². The third-order valence-electron chi connectivity index (χ3n) is 2.96. The number of unbranched alkanes of at least 4 members (excludes halogenated alkanes) is 4. The Hall–Kier alpha value is -0.960. The highest BCUT2D eigenvalue weighted by atomic mass is 32.2. The van der Waals surface area contributed by atoms with Crippen LogP contribution in [0.3, 0.4) is 0 Å². The lowest BCUT2D eigenvalue weighted by molar-refractivity contribution is 0.0696. The zero-order valence-corrected chi connectivity index (χ0v) is 12.1. The Bertz CT molecular complexity index is 388. The van der Waals surface area contributed by atoms with Gasteiger partial charge in [0.15, 0.2) is 0 Å². The number of carbonyl (C=O) groups is 1. The average Bonchev–Trinajstić information content (AvgIpc) is 2.35. The molecule has 0 saturated heterocycles. The van der Waals surface area contributed by atoms with Crippen molar-refractivity contribution in [1.82, 2.24) is 0 Å². The molecule has 100 valence electrons. The summed E-state index contributed by atoms with van der Waals surface area (Å²) in [5.74, 6) is 0.240. The number of rotatable bonds is 8. The minimum atomic E-state index is -0.835. The monoisotopic (exact) mass is 266 g/mol. The van der Waals surface area contributed by atoms with Crippen LogP contribution in [0.25, 0.3) is 0 Å². The SMILES string of the molecule is CCCCCCCSc1ccc(C)c(C(=O)O)c1. The molecule has 0 atom stereocenters. The number of benzene rings is 1. The molecule has 0 aromatic heterocycles. The van der Waals surface area contributed by atoms with E-state index in [0.29, 0.717) is 5.56 Å². The molecule has 1 rings (SSSR count). The maximum atomic E-state index is 11.0. The molecule has 0 bridgehead atoms. The van der Waals surface area contributed by atoms with Gasteiger partial charge in [0.1, 0.15) is 0 Å². The minimum Gasteiger partial charge on any atom is -0.478 e. The van der Waals surface area contributed by atoms with Gasteiger partial charge in [0, 0.05) is 4.90 Å². The van der Waals surface area contributed by atoms with Gasteiger partial charge in [-0.1, -0.05) is 38.7 Å². The van der Waals surface area contributed by atoms with Crippen molar-refractivity contribution < 1.29 is 9.90 Å². The summed E-state index contributed by atoms with van der Waals surface area (Å²) in [6.45, 7) is 4.05. The molecule has 0 amide bonds. The van der Waals surface area contributed by atoms with Gasteiger partial charge >= 0.3 is 5.97 Å². The molecule has 0 unspecified atom stereocenters.